The monoisotopic (exact) mass is 1260 g/mol. The van der Waals surface area contributed by atoms with Gasteiger partial charge in [0.15, 0.2) is 12.3 Å². The molecule has 2 aliphatic heterocycles. The second-order valence-corrected chi connectivity index (χ2v) is 22.2. The molecule has 8 aromatic rings. The van der Waals surface area contributed by atoms with Gasteiger partial charge in [0, 0.05) is 44.6 Å². The molecule has 2 aliphatic rings. The number of carbonyl (C=O) groups is 6. The van der Waals surface area contributed by atoms with Gasteiger partial charge >= 0.3 is 30.0 Å². The van der Waals surface area contributed by atoms with E-state index in [0.29, 0.717) is 48.7 Å². The van der Waals surface area contributed by atoms with E-state index < -0.39 is 76.7 Å². The molecular formula is C63H59Cl2N13O12. The third kappa shape index (κ3) is 14.3. The predicted molar refractivity (Wildman–Crippen MR) is 341 cm³/mol. The second kappa shape index (κ2) is 27.5. The molecule has 2 aromatic heterocycles. The van der Waals surface area contributed by atoms with E-state index in [4.69, 9.17) is 32.0 Å². The van der Waals surface area contributed by atoms with Crippen LogP contribution in [0.3, 0.4) is 0 Å². The van der Waals surface area contributed by atoms with Crippen molar-refractivity contribution in [3.05, 3.63) is 207 Å². The molecule has 10 rings (SSSR count). The summed E-state index contributed by atoms with van der Waals surface area (Å²) in [5, 5.41) is 51.6. The molecule has 6 N–H and O–H groups in total. The zero-order valence-corrected chi connectivity index (χ0v) is 50.3. The Balaban J connectivity index is 0.000000214. The van der Waals surface area contributed by atoms with Crippen molar-refractivity contribution >= 4 is 134 Å². The largest absolute Gasteiger partial charge is 0.462 e. The number of aryl methyl sites for hydroxylation is 1. The van der Waals surface area contributed by atoms with Gasteiger partial charge in [-0.25, -0.2) is 30.0 Å². The van der Waals surface area contributed by atoms with Crippen LogP contribution < -0.4 is 31.3 Å². The molecule has 10 amide bonds. The first-order valence-electron chi connectivity index (χ1n) is 27.6. The van der Waals surface area contributed by atoms with Gasteiger partial charge in [0.2, 0.25) is 0 Å². The topological polar surface area (TPSA) is 305 Å². The first kappa shape index (κ1) is 63.6. The van der Waals surface area contributed by atoms with Crippen molar-refractivity contribution in [1.82, 2.24) is 30.8 Å². The van der Waals surface area contributed by atoms with Gasteiger partial charge in [-0.05, 0) is 149 Å². The molecule has 0 spiro atoms. The number of hydrogen-bond donors (Lipinski definition) is 6. The van der Waals surface area contributed by atoms with E-state index in [9.17, 15) is 49.3 Å². The lowest BCUT2D eigenvalue weighted by Gasteiger charge is -2.38. The minimum atomic E-state index is -1.31. The van der Waals surface area contributed by atoms with Gasteiger partial charge in [0.25, 0.3) is 11.8 Å². The fraction of sp³-hybridized carbons (Fsp3) is 0.175. The number of furan rings is 2. The number of amides is 10. The summed E-state index contributed by atoms with van der Waals surface area (Å²) in [6, 6.07) is 41.6. The minimum Gasteiger partial charge on any atom is -0.462 e. The number of anilines is 4. The van der Waals surface area contributed by atoms with Crippen LogP contribution in [0.15, 0.2) is 189 Å². The summed E-state index contributed by atoms with van der Waals surface area (Å²) >= 11 is 11.9. The Morgan fingerprint density at radius 1 is 0.611 bits per heavy atom. The lowest BCUT2D eigenvalue weighted by Crippen LogP contribution is -2.58. The molecule has 2 atom stereocenters. The molecular weight excluding hydrogens is 1200 g/mol. The highest BCUT2D eigenvalue weighted by Crippen LogP contribution is 2.42. The van der Waals surface area contributed by atoms with E-state index in [1.807, 2.05) is 85.8 Å². The van der Waals surface area contributed by atoms with Crippen molar-refractivity contribution in [2.75, 3.05) is 33.5 Å². The average Bonchev–Trinajstić information content (AvgIpc) is 1.58. The molecule has 25 nitrogen and oxygen atoms in total. The van der Waals surface area contributed by atoms with E-state index in [2.05, 4.69) is 31.7 Å². The van der Waals surface area contributed by atoms with Crippen molar-refractivity contribution in [1.29, 1.82) is 0 Å². The smallest absolute Gasteiger partial charge is 0.433 e. The molecule has 0 aliphatic carbocycles. The fourth-order valence-corrected chi connectivity index (χ4v) is 10.4. The third-order valence-corrected chi connectivity index (χ3v) is 15.0. The number of halogens is 2. The maximum atomic E-state index is 14.2. The number of rotatable bonds is 17. The number of hydrazone groups is 2. The standard InChI is InChI=1S/C36H34N6O5.C27H25Cl2N7O7/c1-24-20-21-27(47-24)15-10-22-37-39-32(43)23-40-35(45)41(31-19-9-14-26-12-5-7-17-29(26)31)33(36(40,2)3)42(46)34(44)38-30-18-8-13-25-11-4-6-16-28(25)30;1-27(2)24(35(40)25(38)31-19-9-5-17(28)6-10-19)34(20-11-7-18(29)8-12-20)26(39)33(27)16-22(37)32-30-15-3-4-21-13-14-23(43-21)36(41)42/h4-22,33,46H,23H2,1-3H3,(H,38,44)(H,39,43);3-15,24,40H,16H2,1-2H3,(H,31,38)(H,32,37)/b15-10?,37-22+;4-3?,30-15+. The first-order valence-corrected chi connectivity index (χ1v) is 28.3. The summed E-state index contributed by atoms with van der Waals surface area (Å²) in [5.74, 6) is -0.0356. The van der Waals surface area contributed by atoms with Gasteiger partial charge in [-0.3, -0.25) is 39.9 Å². The molecule has 6 aromatic carbocycles. The van der Waals surface area contributed by atoms with Crippen LogP contribution in [0.25, 0.3) is 33.7 Å². The van der Waals surface area contributed by atoms with Gasteiger partial charge in [-0.15, -0.1) is 0 Å². The first-order chi connectivity index (χ1) is 43.0. The van der Waals surface area contributed by atoms with Gasteiger partial charge < -0.3 is 29.3 Å². The van der Waals surface area contributed by atoms with Crippen LogP contribution in [0, 0.1) is 17.0 Å². The van der Waals surface area contributed by atoms with Crippen molar-refractivity contribution in [3.63, 3.8) is 0 Å². The molecule has 0 saturated carbocycles. The Hall–Kier alpha value is -10.9. The van der Waals surface area contributed by atoms with Crippen molar-refractivity contribution < 1.29 is 52.9 Å². The van der Waals surface area contributed by atoms with E-state index >= 15 is 0 Å². The molecule has 2 fully saturated rings. The minimum absolute atomic E-state index is 0.205. The number of nitrogens with zero attached hydrogens (tertiary/aromatic N) is 9. The average molecular weight is 1260 g/mol. The van der Waals surface area contributed by atoms with E-state index in [1.54, 1.807) is 107 Å². The Labute approximate surface area is 524 Å². The highest BCUT2D eigenvalue weighted by molar-refractivity contribution is 6.31. The number of carbonyl (C=O) groups excluding carboxylic acids is 6. The van der Waals surface area contributed by atoms with Crippen LogP contribution in [0.2, 0.25) is 10.0 Å². The van der Waals surface area contributed by atoms with Gasteiger partial charge in [-0.2, -0.15) is 20.3 Å². The van der Waals surface area contributed by atoms with E-state index in [1.165, 1.54) is 56.3 Å². The van der Waals surface area contributed by atoms with E-state index in [-0.39, 0.29) is 12.3 Å². The van der Waals surface area contributed by atoms with Crippen LogP contribution in [0.1, 0.15) is 45.0 Å². The Bertz CT molecular complexity index is 4120. The maximum Gasteiger partial charge on any atom is 0.433 e. The summed E-state index contributed by atoms with van der Waals surface area (Å²) in [7, 11) is 0. The van der Waals surface area contributed by atoms with Crippen LogP contribution >= 0.6 is 23.2 Å². The second-order valence-electron chi connectivity index (χ2n) is 21.3. The zero-order chi connectivity index (χ0) is 64.4. The third-order valence-electron chi connectivity index (χ3n) is 14.5. The number of urea groups is 4. The van der Waals surface area contributed by atoms with Crippen LogP contribution in [-0.2, 0) is 9.59 Å². The number of nitrogens with one attached hydrogen (secondary N) is 4. The summed E-state index contributed by atoms with van der Waals surface area (Å²) in [5.41, 5.74) is 3.80. The molecule has 0 bridgehead atoms. The van der Waals surface area contributed by atoms with Gasteiger partial charge in [-0.1, -0.05) is 96.0 Å². The normalized spacial score (nSPS) is 16.1. The predicted octanol–water partition coefficient (Wildman–Crippen LogP) is 12.6. The Kier molecular flexibility index (Phi) is 19.4. The molecule has 4 heterocycles. The number of allylic oxidation sites excluding steroid dienone is 2. The van der Waals surface area contributed by atoms with Crippen molar-refractivity contribution in [3.8, 4) is 0 Å². The molecule has 0 radical (unpaired) electrons. The quantitative estimate of drug-likeness (QED) is 0.0215. The maximum absolute atomic E-state index is 14.2. The Morgan fingerprint density at radius 2 is 1.09 bits per heavy atom. The van der Waals surface area contributed by atoms with Crippen LogP contribution in [-0.4, -0.2) is 120 Å². The number of fused-ring (bicyclic) bond motifs is 2. The molecule has 2 saturated heterocycles. The van der Waals surface area contributed by atoms with Gasteiger partial charge in [0.05, 0.1) is 28.5 Å². The summed E-state index contributed by atoms with van der Waals surface area (Å²) < 4.78 is 10.5. The zero-order valence-electron chi connectivity index (χ0n) is 48.8. The summed E-state index contributed by atoms with van der Waals surface area (Å²) in [6.45, 7) is 7.54. The van der Waals surface area contributed by atoms with Crippen LogP contribution in [0.4, 0.5) is 47.8 Å². The molecule has 462 valence electrons. The number of hydroxylamine groups is 4. The molecule has 27 heteroatoms. The van der Waals surface area contributed by atoms with Crippen molar-refractivity contribution in [2.45, 2.75) is 58.0 Å². The van der Waals surface area contributed by atoms with Gasteiger partial charge in [0.1, 0.15) is 35.3 Å². The Morgan fingerprint density at radius 3 is 1.64 bits per heavy atom. The van der Waals surface area contributed by atoms with E-state index in [0.717, 1.165) is 27.3 Å². The SMILES string of the molecule is CC1(C)C(N(O)C(=O)Nc2ccc(Cl)cc2)N(c2ccc(Cl)cc2)C(=O)N1CC(=O)N/N=C/C=Cc1ccc([N+](=O)[O-])o1.Cc1ccc(C=C/C=N/NC(=O)CN2C(=O)N(c3cccc4ccccc34)C(N(O)C(=O)Nc3cccc4ccccc34)C2(C)C)o1. The number of hydrogen-bond acceptors (Lipinski definition) is 14. The number of nitro groups is 1. The summed E-state index contributed by atoms with van der Waals surface area (Å²) in [6.07, 6.45) is 6.18. The highest BCUT2D eigenvalue weighted by atomic mass is 35.5. The lowest BCUT2D eigenvalue weighted by atomic mass is 9.99. The molecule has 90 heavy (non-hydrogen) atoms. The van der Waals surface area contributed by atoms with Crippen LogP contribution in [0.5, 0.6) is 0 Å². The van der Waals surface area contributed by atoms with Crippen molar-refractivity contribution in [2.24, 2.45) is 10.2 Å². The fourth-order valence-electron chi connectivity index (χ4n) is 10.2. The number of benzene rings is 6. The summed E-state index contributed by atoms with van der Waals surface area (Å²) in [4.78, 5) is 95.7. The lowest BCUT2D eigenvalue weighted by molar-refractivity contribution is -0.402. The highest BCUT2D eigenvalue weighted by Gasteiger charge is 2.58. The molecule has 2 unspecified atom stereocenters.